The zero-order valence-corrected chi connectivity index (χ0v) is 10.7. The molecular weight excluding hydrogens is 234 g/mol. The minimum Gasteiger partial charge on any atom is -0.335 e. The van der Waals surface area contributed by atoms with Gasteiger partial charge in [-0.3, -0.25) is 9.79 Å². The molecule has 0 spiro atoms. The summed E-state index contributed by atoms with van der Waals surface area (Å²) in [4.78, 5) is 15.3. The van der Waals surface area contributed by atoms with Gasteiger partial charge >= 0.3 is 0 Å². The van der Waals surface area contributed by atoms with Crippen LogP contribution in [0.15, 0.2) is 29.3 Å². The molecule has 1 aliphatic heterocycles. The molecule has 1 heterocycles. The quantitative estimate of drug-likeness (QED) is 0.847. The maximum absolute atomic E-state index is 11.0. The Hall–Kier alpha value is -1.49. The molecule has 1 aliphatic rings. The Labute approximate surface area is 105 Å². The third-order valence-corrected chi connectivity index (χ3v) is 3.24. The molecule has 17 heavy (non-hydrogen) atoms. The van der Waals surface area contributed by atoms with Crippen LogP contribution in [0, 0.1) is 0 Å². The van der Waals surface area contributed by atoms with Gasteiger partial charge in [0, 0.05) is 23.5 Å². The van der Waals surface area contributed by atoms with Crippen LogP contribution in [0.1, 0.15) is 13.8 Å². The van der Waals surface area contributed by atoms with Crippen LogP contribution in [0.3, 0.4) is 0 Å². The smallest absolute Gasteiger partial charge is 0.221 e. The summed E-state index contributed by atoms with van der Waals surface area (Å²) in [5.41, 5.74) is 1.73. The number of benzene rings is 1. The Morgan fingerprint density at radius 2 is 2.24 bits per heavy atom. The Morgan fingerprint density at radius 1 is 1.47 bits per heavy atom. The molecule has 5 heteroatoms. The van der Waals surface area contributed by atoms with E-state index in [2.05, 4.69) is 22.5 Å². The van der Waals surface area contributed by atoms with E-state index in [0.717, 1.165) is 23.1 Å². The van der Waals surface area contributed by atoms with Crippen molar-refractivity contribution < 1.29 is 4.79 Å². The number of nitrogens with one attached hydrogen (secondary N) is 2. The van der Waals surface area contributed by atoms with Gasteiger partial charge in [-0.05, 0) is 18.2 Å². The summed E-state index contributed by atoms with van der Waals surface area (Å²) < 4.78 is 0. The molecule has 1 aromatic rings. The lowest BCUT2D eigenvalue weighted by Gasteiger charge is -2.08. The van der Waals surface area contributed by atoms with E-state index in [4.69, 9.17) is 0 Å². The summed E-state index contributed by atoms with van der Waals surface area (Å²) in [5, 5.41) is 7.48. The number of thioether (sulfide) groups is 1. The summed E-state index contributed by atoms with van der Waals surface area (Å²) in [5.74, 6) is -0.0663. The highest BCUT2D eigenvalue weighted by Crippen LogP contribution is 2.23. The van der Waals surface area contributed by atoms with Crippen LogP contribution in [-0.2, 0) is 4.79 Å². The van der Waals surface area contributed by atoms with Crippen molar-refractivity contribution in [1.29, 1.82) is 0 Å². The second kappa shape index (κ2) is 5.23. The maximum atomic E-state index is 11.0. The molecule has 2 rings (SSSR count). The largest absolute Gasteiger partial charge is 0.335 e. The van der Waals surface area contributed by atoms with Crippen molar-refractivity contribution in [3.63, 3.8) is 0 Å². The van der Waals surface area contributed by atoms with Crippen molar-refractivity contribution in [2.24, 2.45) is 4.99 Å². The van der Waals surface area contributed by atoms with Gasteiger partial charge < -0.3 is 10.6 Å². The molecule has 1 unspecified atom stereocenters. The van der Waals surface area contributed by atoms with E-state index in [1.807, 2.05) is 24.3 Å². The van der Waals surface area contributed by atoms with Gasteiger partial charge in [-0.15, -0.1) is 0 Å². The molecule has 2 N–H and O–H groups in total. The molecule has 0 aliphatic carbocycles. The summed E-state index contributed by atoms with van der Waals surface area (Å²) in [6.45, 7) is 4.51. The molecule has 0 bridgehead atoms. The fraction of sp³-hybridized carbons (Fsp3) is 0.333. The van der Waals surface area contributed by atoms with Crippen molar-refractivity contribution in [3.05, 3.63) is 24.3 Å². The highest BCUT2D eigenvalue weighted by molar-refractivity contribution is 8.15. The number of rotatable bonds is 2. The van der Waals surface area contributed by atoms with Gasteiger partial charge in [0.25, 0.3) is 0 Å². The van der Waals surface area contributed by atoms with E-state index < -0.39 is 0 Å². The van der Waals surface area contributed by atoms with Crippen LogP contribution in [0.25, 0.3) is 0 Å². The van der Waals surface area contributed by atoms with Gasteiger partial charge in [-0.2, -0.15) is 0 Å². The van der Waals surface area contributed by atoms with E-state index in [1.165, 1.54) is 6.92 Å². The molecule has 0 saturated heterocycles. The Kier molecular flexibility index (Phi) is 3.68. The van der Waals surface area contributed by atoms with Crippen LogP contribution in [0.2, 0.25) is 0 Å². The number of amidine groups is 1. The normalized spacial score (nSPS) is 18.7. The molecule has 0 fully saturated rings. The number of hydrogen-bond donors (Lipinski definition) is 2. The van der Waals surface area contributed by atoms with Gasteiger partial charge in [-0.1, -0.05) is 24.8 Å². The van der Waals surface area contributed by atoms with Gasteiger partial charge in [0.05, 0.1) is 6.54 Å². The lowest BCUT2D eigenvalue weighted by Crippen LogP contribution is -2.08. The number of carbonyl (C=O) groups is 1. The van der Waals surface area contributed by atoms with E-state index in [9.17, 15) is 4.79 Å². The summed E-state index contributed by atoms with van der Waals surface area (Å²) in [6.07, 6.45) is 0. The lowest BCUT2D eigenvalue weighted by atomic mass is 10.3. The zero-order chi connectivity index (χ0) is 12.3. The Balaban J connectivity index is 2.03. The molecular formula is C12H15N3OS. The van der Waals surface area contributed by atoms with Crippen molar-refractivity contribution in [2.75, 3.05) is 17.2 Å². The molecule has 4 nitrogen and oxygen atoms in total. The minimum atomic E-state index is -0.0663. The fourth-order valence-electron chi connectivity index (χ4n) is 1.55. The first-order valence-electron chi connectivity index (χ1n) is 5.49. The highest BCUT2D eigenvalue weighted by Gasteiger charge is 2.14. The maximum Gasteiger partial charge on any atom is 0.221 e. The SMILES string of the molecule is CC(=O)Nc1cccc(NC2=NCC(C)S2)c1. The molecule has 0 aromatic heterocycles. The average molecular weight is 249 g/mol. The fourth-order valence-corrected chi connectivity index (χ4v) is 2.40. The molecule has 90 valence electrons. The number of anilines is 2. The van der Waals surface area contributed by atoms with Crippen LogP contribution in [-0.4, -0.2) is 22.9 Å². The first-order chi connectivity index (χ1) is 8.13. The molecule has 0 radical (unpaired) electrons. The average Bonchev–Trinajstić information content (AvgIpc) is 2.63. The molecule has 1 aromatic carbocycles. The number of hydrogen-bond acceptors (Lipinski definition) is 4. The zero-order valence-electron chi connectivity index (χ0n) is 9.86. The summed E-state index contributed by atoms with van der Waals surface area (Å²) >= 11 is 1.73. The first-order valence-corrected chi connectivity index (χ1v) is 6.37. The van der Waals surface area contributed by atoms with Gasteiger partial charge in [-0.25, -0.2) is 0 Å². The van der Waals surface area contributed by atoms with Crippen molar-refractivity contribution in [3.8, 4) is 0 Å². The van der Waals surface area contributed by atoms with Gasteiger partial charge in [0.1, 0.15) is 0 Å². The van der Waals surface area contributed by atoms with Crippen LogP contribution in [0.4, 0.5) is 11.4 Å². The second-order valence-electron chi connectivity index (χ2n) is 3.96. The predicted octanol–water partition coefficient (Wildman–Crippen LogP) is 2.55. The number of amides is 1. The summed E-state index contributed by atoms with van der Waals surface area (Å²) in [6, 6.07) is 7.61. The topological polar surface area (TPSA) is 53.5 Å². The summed E-state index contributed by atoms with van der Waals surface area (Å²) in [7, 11) is 0. The van der Waals surface area contributed by atoms with Crippen molar-refractivity contribution >= 4 is 34.2 Å². The van der Waals surface area contributed by atoms with E-state index in [-0.39, 0.29) is 5.91 Å². The van der Waals surface area contributed by atoms with E-state index in [0.29, 0.717) is 5.25 Å². The second-order valence-corrected chi connectivity index (χ2v) is 5.39. The standard InChI is InChI=1S/C12H15N3OS/c1-8-7-13-12(17-8)15-11-5-3-4-10(6-11)14-9(2)16/h3-6,8H,7H2,1-2H3,(H,13,15)(H,14,16). The third-order valence-electron chi connectivity index (χ3n) is 2.24. The lowest BCUT2D eigenvalue weighted by molar-refractivity contribution is -0.114. The highest BCUT2D eigenvalue weighted by atomic mass is 32.2. The minimum absolute atomic E-state index is 0.0663. The molecule has 0 saturated carbocycles. The monoisotopic (exact) mass is 249 g/mol. The van der Waals surface area contributed by atoms with E-state index >= 15 is 0 Å². The Morgan fingerprint density at radius 3 is 2.88 bits per heavy atom. The molecule has 1 atom stereocenters. The van der Waals surface area contributed by atoms with Crippen molar-refractivity contribution in [1.82, 2.24) is 0 Å². The Bertz CT molecular complexity index is 459. The number of nitrogens with zero attached hydrogens (tertiary/aromatic N) is 1. The van der Waals surface area contributed by atoms with Crippen molar-refractivity contribution in [2.45, 2.75) is 19.1 Å². The van der Waals surface area contributed by atoms with Crippen LogP contribution in [0.5, 0.6) is 0 Å². The predicted molar refractivity (Wildman–Crippen MR) is 73.7 cm³/mol. The van der Waals surface area contributed by atoms with Gasteiger partial charge in [0.15, 0.2) is 5.17 Å². The number of carbonyl (C=O) groups excluding carboxylic acids is 1. The van der Waals surface area contributed by atoms with Crippen LogP contribution < -0.4 is 10.6 Å². The number of aliphatic imine (C=N–C) groups is 1. The van der Waals surface area contributed by atoms with E-state index in [1.54, 1.807) is 11.8 Å². The van der Waals surface area contributed by atoms with Crippen LogP contribution >= 0.6 is 11.8 Å². The van der Waals surface area contributed by atoms with Gasteiger partial charge in [0.2, 0.25) is 5.91 Å². The third kappa shape index (κ3) is 3.49. The first kappa shape index (κ1) is 12.0. The molecule has 1 amide bonds.